The molecule has 2 heterocycles. The topological polar surface area (TPSA) is 38.0 Å². The highest BCUT2D eigenvalue weighted by Crippen LogP contribution is 2.24. The van der Waals surface area contributed by atoms with Gasteiger partial charge in [0.05, 0.1) is 17.5 Å². The second kappa shape index (κ2) is 2.90. The first-order valence-electron chi connectivity index (χ1n) is 4.56. The summed E-state index contributed by atoms with van der Waals surface area (Å²) in [7, 11) is 0. The van der Waals surface area contributed by atoms with Crippen molar-refractivity contribution in [2.45, 2.75) is 38.8 Å². The number of aliphatic hydroxyl groups is 1. The van der Waals surface area contributed by atoms with Gasteiger partial charge in [-0.2, -0.15) is 5.10 Å². The van der Waals surface area contributed by atoms with Crippen LogP contribution in [0.15, 0.2) is 6.07 Å². The first kappa shape index (κ1) is 7.80. The molecule has 0 aromatic carbocycles. The molecule has 0 aliphatic carbocycles. The lowest BCUT2D eigenvalue weighted by molar-refractivity contribution is 0.135. The third-order valence-corrected chi connectivity index (χ3v) is 2.41. The molecule has 66 valence electrons. The molecule has 3 heteroatoms. The Labute approximate surface area is 72.0 Å². The third-order valence-electron chi connectivity index (χ3n) is 2.41. The predicted octanol–water partition coefficient (Wildman–Crippen LogP) is 1.27. The van der Waals surface area contributed by atoms with Gasteiger partial charge in [0.25, 0.3) is 0 Å². The van der Waals surface area contributed by atoms with E-state index < -0.39 is 0 Å². The molecular formula is C9H14N2O. The van der Waals surface area contributed by atoms with E-state index in [9.17, 15) is 5.11 Å². The Morgan fingerprint density at radius 2 is 2.58 bits per heavy atom. The van der Waals surface area contributed by atoms with Gasteiger partial charge >= 0.3 is 0 Å². The number of hydrogen-bond donors (Lipinski definition) is 1. The van der Waals surface area contributed by atoms with Crippen LogP contribution in [-0.4, -0.2) is 14.9 Å². The maximum atomic E-state index is 9.61. The van der Waals surface area contributed by atoms with Gasteiger partial charge in [0.2, 0.25) is 0 Å². The van der Waals surface area contributed by atoms with Crippen LogP contribution in [-0.2, 0) is 13.0 Å². The maximum Gasteiger partial charge on any atom is 0.0957 e. The summed E-state index contributed by atoms with van der Waals surface area (Å²) in [5, 5.41) is 14.0. The molecule has 0 radical (unpaired) electrons. The van der Waals surface area contributed by atoms with Crippen molar-refractivity contribution < 1.29 is 5.11 Å². The molecule has 0 spiro atoms. The molecule has 0 saturated heterocycles. The third kappa shape index (κ3) is 1.14. The molecule has 0 fully saturated rings. The summed E-state index contributed by atoms with van der Waals surface area (Å²) in [6.45, 7) is 3.05. The van der Waals surface area contributed by atoms with Crippen LogP contribution in [0.25, 0.3) is 0 Å². The van der Waals surface area contributed by atoms with Gasteiger partial charge in [0.15, 0.2) is 0 Å². The number of nitrogens with zero attached hydrogens (tertiary/aromatic N) is 2. The first-order chi connectivity index (χ1) is 5.81. The quantitative estimate of drug-likeness (QED) is 0.682. The molecule has 1 atom stereocenters. The van der Waals surface area contributed by atoms with Crippen LogP contribution in [0.4, 0.5) is 0 Å². The van der Waals surface area contributed by atoms with Crippen LogP contribution in [0.2, 0.25) is 0 Å². The van der Waals surface area contributed by atoms with Crippen molar-refractivity contribution in [2.75, 3.05) is 0 Å². The fourth-order valence-electron chi connectivity index (χ4n) is 1.69. The molecule has 0 bridgehead atoms. The second-order valence-electron chi connectivity index (χ2n) is 3.30. The minimum atomic E-state index is -0.286. The van der Waals surface area contributed by atoms with Crippen LogP contribution >= 0.6 is 0 Å². The number of aromatic nitrogens is 2. The van der Waals surface area contributed by atoms with E-state index in [2.05, 4.69) is 12.0 Å². The lowest BCUT2D eigenvalue weighted by atomic mass is 10.1. The molecule has 1 aliphatic heterocycles. The Morgan fingerprint density at radius 3 is 3.25 bits per heavy atom. The number of aryl methyl sites for hydroxylation is 2. The van der Waals surface area contributed by atoms with Crippen molar-refractivity contribution in [1.29, 1.82) is 0 Å². The smallest absolute Gasteiger partial charge is 0.0957 e. The Kier molecular flexibility index (Phi) is 1.89. The molecule has 2 rings (SSSR count). The fourth-order valence-corrected chi connectivity index (χ4v) is 1.69. The second-order valence-corrected chi connectivity index (χ2v) is 3.30. The number of rotatable bonds is 1. The lowest BCUT2D eigenvalue weighted by Crippen LogP contribution is -2.15. The summed E-state index contributed by atoms with van der Waals surface area (Å²) in [6.07, 6.45) is 2.59. The molecule has 1 unspecified atom stereocenters. The molecule has 12 heavy (non-hydrogen) atoms. The number of aliphatic hydroxyl groups excluding tert-OH is 1. The molecule has 1 aromatic rings. The maximum absolute atomic E-state index is 9.61. The van der Waals surface area contributed by atoms with E-state index in [0.717, 1.165) is 37.2 Å². The number of fused-ring (bicyclic) bond motifs is 1. The Hall–Kier alpha value is -0.830. The zero-order valence-corrected chi connectivity index (χ0v) is 7.32. The Bertz CT molecular complexity index is 280. The van der Waals surface area contributed by atoms with Crippen LogP contribution in [0.1, 0.15) is 37.3 Å². The molecule has 1 aliphatic rings. The summed E-state index contributed by atoms with van der Waals surface area (Å²) in [4.78, 5) is 0. The van der Waals surface area contributed by atoms with Crippen molar-refractivity contribution in [1.82, 2.24) is 9.78 Å². The van der Waals surface area contributed by atoms with E-state index in [-0.39, 0.29) is 6.10 Å². The van der Waals surface area contributed by atoms with E-state index in [4.69, 9.17) is 0 Å². The highest BCUT2D eigenvalue weighted by atomic mass is 16.3. The van der Waals surface area contributed by atoms with Gasteiger partial charge in [-0.15, -0.1) is 0 Å². The zero-order valence-electron chi connectivity index (χ0n) is 7.32. The van der Waals surface area contributed by atoms with Gasteiger partial charge in [0, 0.05) is 6.54 Å². The highest BCUT2D eigenvalue weighted by Gasteiger charge is 2.19. The molecule has 1 N–H and O–H groups in total. The Balaban J connectivity index is 2.37. The van der Waals surface area contributed by atoms with Gasteiger partial charge in [-0.25, -0.2) is 0 Å². The highest BCUT2D eigenvalue weighted by molar-refractivity contribution is 5.14. The summed E-state index contributed by atoms with van der Waals surface area (Å²) in [5.74, 6) is 0. The number of hydrogen-bond acceptors (Lipinski definition) is 2. The van der Waals surface area contributed by atoms with Gasteiger partial charge in [-0.1, -0.05) is 6.92 Å². The zero-order chi connectivity index (χ0) is 8.55. The van der Waals surface area contributed by atoms with Crippen LogP contribution in [0.3, 0.4) is 0 Å². The monoisotopic (exact) mass is 166 g/mol. The minimum absolute atomic E-state index is 0.286. The van der Waals surface area contributed by atoms with Crippen LogP contribution in [0, 0.1) is 0 Å². The van der Waals surface area contributed by atoms with Crippen molar-refractivity contribution in [2.24, 2.45) is 0 Å². The molecule has 3 nitrogen and oxygen atoms in total. The average molecular weight is 166 g/mol. The van der Waals surface area contributed by atoms with E-state index in [1.165, 1.54) is 0 Å². The fraction of sp³-hybridized carbons (Fsp3) is 0.667. The van der Waals surface area contributed by atoms with E-state index >= 15 is 0 Å². The molecule has 1 aromatic heterocycles. The summed E-state index contributed by atoms with van der Waals surface area (Å²) < 4.78 is 1.94. The summed E-state index contributed by atoms with van der Waals surface area (Å²) in [6, 6.07) is 2.02. The summed E-state index contributed by atoms with van der Waals surface area (Å²) >= 11 is 0. The predicted molar refractivity (Wildman–Crippen MR) is 45.8 cm³/mol. The standard InChI is InChI=1S/C9H14N2O/c1-2-7-6-8-9(12)4-3-5-11(8)10-7/h6,9,12H,2-5H2,1H3. The first-order valence-corrected chi connectivity index (χ1v) is 4.56. The largest absolute Gasteiger partial charge is 0.387 e. The SMILES string of the molecule is CCc1cc2n(n1)CCCC2O. The summed E-state index contributed by atoms with van der Waals surface area (Å²) in [5.41, 5.74) is 2.09. The Morgan fingerprint density at radius 1 is 1.75 bits per heavy atom. The van der Waals surface area contributed by atoms with Crippen LogP contribution in [0.5, 0.6) is 0 Å². The molecule has 0 amide bonds. The lowest BCUT2D eigenvalue weighted by Gasteiger charge is -2.18. The normalized spacial score (nSPS) is 22.3. The molecule has 0 saturated carbocycles. The molecular weight excluding hydrogens is 152 g/mol. The average Bonchev–Trinajstić information content (AvgIpc) is 2.49. The van der Waals surface area contributed by atoms with E-state index in [0.29, 0.717) is 0 Å². The van der Waals surface area contributed by atoms with E-state index in [1.54, 1.807) is 0 Å². The minimum Gasteiger partial charge on any atom is -0.387 e. The van der Waals surface area contributed by atoms with Crippen molar-refractivity contribution in [3.63, 3.8) is 0 Å². The van der Waals surface area contributed by atoms with Gasteiger partial charge in [0.1, 0.15) is 0 Å². The van der Waals surface area contributed by atoms with Crippen molar-refractivity contribution in [3.8, 4) is 0 Å². The van der Waals surface area contributed by atoms with Crippen LogP contribution < -0.4 is 0 Å². The van der Waals surface area contributed by atoms with Gasteiger partial charge < -0.3 is 5.11 Å². The van der Waals surface area contributed by atoms with Gasteiger partial charge in [-0.3, -0.25) is 4.68 Å². The van der Waals surface area contributed by atoms with Crippen molar-refractivity contribution in [3.05, 3.63) is 17.5 Å². The van der Waals surface area contributed by atoms with E-state index in [1.807, 2.05) is 10.7 Å². The van der Waals surface area contributed by atoms with Crippen molar-refractivity contribution >= 4 is 0 Å². The van der Waals surface area contributed by atoms with Gasteiger partial charge in [-0.05, 0) is 25.3 Å².